The summed E-state index contributed by atoms with van der Waals surface area (Å²) in [5.74, 6) is -1.72. The van der Waals surface area contributed by atoms with E-state index in [0.29, 0.717) is 0 Å². The highest BCUT2D eigenvalue weighted by Gasteiger charge is 2.19. The minimum Gasteiger partial charge on any atom is -0.463 e. The number of ether oxygens (including phenoxy) is 1. The SMILES string of the molecule is C=CCc1oc(=O)oc1C(=O)OC. The molecule has 0 N–H and O–H groups in total. The second kappa shape index (κ2) is 3.75. The molecule has 5 nitrogen and oxygen atoms in total. The number of methoxy groups -OCH3 is 1. The fourth-order valence-corrected chi connectivity index (χ4v) is 0.822. The van der Waals surface area contributed by atoms with E-state index >= 15 is 0 Å². The summed E-state index contributed by atoms with van der Waals surface area (Å²) in [7, 11) is 1.19. The number of esters is 1. The Kier molecular flexibility index (Phi) is 2.69. The van der Waals surface area contributed by atoms with Gasteiger partial charge in [0.2, 0.25) is 0 Å². The van der Waals surface area contributed by atoms with Gasteiger partial charge in [0.15, 0.2) is 5.76 Å². The molecule has 0 radical (unpaired) electrons. The minimum absolute atomic E-state index is 0.131. The van der Waals surface area contributed by atoms with Gasteiger partial charge in [0.25, 0.3) is 5.76 Å². The number of rotatable bonds is 3. The standard InChI is InChI=1S/C8H8O5/c1-3-4-5-6(7(9)11-2)13-8(10)12-5/h3H,1,4H2,2H3. The number of hydrogen-bond donors (Lipinski definition) is 0. The molecule has 0 amide bonds. The highest BCUT2D eigenvalue weighted by Crippen LogP contribution is 2.09. The first kappa shape index (κ1) is 9.31. The van der Waals surface area contributed by atoms with E-state index in [9.17, 15) is 9.59 Å². The lowest BCUT2D eigenvalue weighted by Crippen LogP contribution is -2.02. The van der Waals surface area contributed by atoms with Crippen LogP contribution in [0.1, 0.15) is 16.3 Å². The zero-order valence-corrected chi connectivity index (χ0v) is 7.03. The van der Waals surface area contributed by atoms with E-state index in [1.807, 2.05) is 0 Å². The molecule has 0 aliphatic rings. The van der Waals surface area contributed by atoms with Crippen LogP contribution in [-0.4, -0.2) is 13.1 Å². The third kappa shape index (κ3) is 1.87. The van der Waals surface area contributed by atoms with Gasteiger partial charge in [-0.25, -0.2) is 9.59 Å². The number of carbonyl (C=O) groups is 1. The van der Waals surface area contributed by atoms with E-state index < -0.39 is 11.8 Å². The van der Waals surface area contributed by atoms with Gasteiger partial charge in [0.05, 0.1) is 7.11 Å². The summed E-state index contributed by atoms with van der Waals surface area (Å²) >= 11 is 0. The highest BCUT2D eigenvalue weighted by molar-refractivity contribution is 5.87. The monoisotopic (exact) mass is 184 g/mol. The highest BCUT2D eigenvalue weighted by atomic mass is 16.6. The molecule has 0 aliphatic carbocycles. The molecule has 70 valence electrons. The molecule has 0 fully saturated rings. The van der Waals surface area contributed by atoms with E-state index in [1.54, 1.807) is 0 Å². The van der Waals surface area contributed by atoms with Crippen molar-refractivity contribution in [2.24, 2.45) is 0 Å². The van der Waals surface area contributed by atoms with Gasteiger partial charge in [0.1, 0.15) is 0 Å². The lowest BCUT2D eigenvalue weighted by Gasteiger charge is -1.93. The van der Waals surface area contributed by atoms with Gasteiger partial charge >= 0.3 is 11.8 Å². The van der Waals surface area contributed by atoms with Crippen LogP contribution in [-0.2, 0) is 11.2 Å². The third-order valence-corrected chi connectivity index (χ3v) is 1.35. The first-order valence-corrected chi connectivity index (χ1v) is 3.51. The lowest BCUT2D eigenvalue weighted by atomic mass is 10.3. The summed E-state index contributed by atoms with van der Waals surface area (Å²) in [5, 5.41) is 0. The van der Waals surface area contributed by atoms with Crippen molar-refractivity contribution < 1.29 is 18.4 Å². The molecule has 13 heavy (non-hydrogen) atoms. The molecular weight excluding hydrogens is 176 g/mol. The average Bonchev–Trinajstić information content (AvgIpc) is 2.46. The van der Waals surface area contributed by atoms with Crippen molar-refractivity contribution in [1.29, 1.82) is 0 Å². The largest absolute Gasteiger partial charge is 0.519 e. The Bertz CT molecular complexity index is 370. The van der Waals surface area contributed by atoms with Gasteiger partial charge in [0, 0.05) is 6.42 Å². The molecule has 1 rings (SSSR count). The lowest BCUT2D eigenvalue weighted by molar-refractivity contribution is 0.0561. The van der Waals surface area contributed by atoms with Crippen LogP contribution in [0.15, 0.2) is 26.3 Å². The molecule has 0 unspecified atom stereocenters. The van der Waals surface area contributed by atoms with Crippen molar-refractivity contribution in [1.82, 2.24) is 0 Å². The molecule has 0 aromatic carbocycles. The van der Waals surface area contributed by atoms with Crippen molar-refractivity contribution in [3.63, 3.8) is 0 Å². The quantitative estimate of drug-likeness (QED) is 0.512. The summed E-state index contributed by atoms with van der Waals surface area (Å²) in [6.45, 7) is 3.44. The topological polar surface area (TPSA) is 69.7 Å². The third-order valence-electron chi connectivity index (χ3n) is 1.35. The van der Waals surface area contributed by atoms with Gasteiger partial charge in [-0.05, 0) is 0 Å². The van der Waals surface area contributed by atoms with Crippen LogP contribution in [0.3, 0.4) is 0 Å². The molecule has 0 saturated heterocycles. The van der Waals surface area contributed by atoms with Crippen LogP contribution >= 0.6 is 0 Å². The van der Waals surface area contributed by atoms with Gasteiger partial charge in [-0.15, -0.1) is 6.58 Å². The predicted molar refractivity (Wildman–Crippen MR) is 42.5 cm³/mol. The first-order valence-electron chi connectivity index (χ1n) is 3.51. The van der Waals surface area contributed by atoms with E-state index in [-0.39, 0.29) is 17.9 Å². The molecule has 0 atom stereocenters. The maximum Gasteiger partial charge on any atom is 0.519 e. The Morgan fingerprint density at radius 1 is 1.62 bits per heavy atom. The Morgan fingerprint density at radius 3 is 2.85 bits per heavy atom. The Balaban J connectivity index is 3.10. The zero-order valence-electron chi connectivity index (χ0n) is 7.03. The van der Waals surface area contributed by atoms with E-state index in [4.69, 9.17) is 0 Å². The normalized spacial score (nSPS) is 9.62. The molecule has 0 aliphatic heterocycles. The van der Waals surface area contributed by atoms with Crippen LogP contribution in [0.2, 0.25) is 0 Å². The molecule has 0 bridgehead atoms. The van der Waals surface area contributed by atoms with Crippen molar-refractivity contribution in [2.45, 2.75) is 6.42 Å². The minimum atomic E-state index is -0.919. The Morgan fingerprint density at radius 2 is 2.31 bits per heavy atom. The summed E-state index contributed by atoms with van der Waals surface area (Å²) in [4.78, 5) is 21.6. The summed E-state index contributed by atoms with van der Waals surface area (Å²) in [6, 6.07) is 0. The maximum atomic E-state index is 11.0. The molecular formula is C8H8O5. The number of hydrogen-bond acceptors (Lipinski definition) is 5. The summed E-state index contributed by atoms with van der Waals surface area (Å²) in [6.07, 6.45) is 1.73. The number of carbonyl (C=O) groups excluding carboxylic acids is 1. The van der Waals surface area contributed by atoms with Crippen LogP contribution in [0, 0.1) is 0 Å². The molecule has 1 aromatic rings. The Hall–Kier alpha value is -1.78. The van der Waals surface area contributed by atoms with Crippen molar-refractivity contribution in [3.05, 3.63) is 34.8 Å². The molecule has 1 heterocycles. The Labute approximate surface area is 73.6 Å². The van der Waals surface area contributed by atoms with Crippen molar-refractivity contribution in [2.75, 3.05) is 7.11 Å². The fraction of sp³-hybridized carbons (Fsp3) is 0.250. The second-order valence-electron chi connectivity index (χ2n) is 2.19. The molecule has 5 heteroatoms. The van der Waals surface area contributed by atoms with Gasteiger partial charge in [-0.1, -0.05) is 6.08 Å². The first-order chi connectivity index (χ1) is 6.19. The van der Waals surface area contributed by atoms with E-state index in [1.165, 1.54) is 13.2 Å². The van der Waals surface area contributed by atoms with Crippen molar-refractivity contribution in [3.8, 4) is 0 Å². The van der Waals surface area contributed by atoms with E-state index in [0.717, 1.165) is 0 Å². The van der Waals surface area contributed by atoms with Crippen molar-refractivity contribution >= 4 is 5.97 Å². The molecule has 0 spiro atoms. The maximum absolute atomic E-state index is 11.0. The van der Waals surface area contributed by atoms with Gasteiger partial charge < -0.3 is 13.6 Å². The number of allylic oxidation sites excluding steroid dienone is 1. The predicted octanol–water partition coefficient (Wildman–Crippen LogP) is 0.748. The molecule has 0 saturated carbocycles. The van der Waals surface area contributed by atoms with Crippen LogP contribution in [0.5, 0.6) is 0 Å². The van der Waals surface area contributed by atoms with E-state index in [2.05, 4.69) is 20.2 Å². The fourth-order valence-electron chi connectivity index (χ4n) is 0.822. The zero-order chi connectivity index (χ0) is 9.84. The van der Waals surface area contributed by atoms with Gasteiger partial charge in [-0.3, -0.25) is 0 Å². The average molecular weight is 184 g/mol. The van der Waals surface area contributed by atoms with Crippen LogP contribution in [0.25, 0.3) is 0 Å². The summed E-state index contributed by atoms with van der Waals surface area (Å²) < 4.78 is 13.4. The molecule has 1 aromatic heterocycles. The van der Waals surface area contributed by atoms with Gasteiger partial charge in [-0.2, -0.15) is 0 Å². The smallest absolute Gasteiger partial charge is 0.463 e. The van der Waals surface area contributed by atoms with Crippen LogP contribution < -0.4 is 5.82 Å². The summed E-state index contributed by atoms with van der Waals surface area (Å²) in [5.41, 5.74) is 0. The second-order valence-corrected chi connectivity index (χ2v) is 2.19. The van der Waals surface area contributed by atoms with Crippen LogP contribution in [0.4, 0.5) is 0 Å².